The molecule has 2 N–H and O–H groups in total. The van der Waals surface area contributed by atoms with Crippen LogP contribution in [0.3, 0.4) is 0 Å². The average Bonchev–Trinajstić information content (AvgIpc) is 2.33. The molecule has 1 saturated carbocycles. The van der Waals surface area contributed by atoms with Crippen LogP contribution in [0.15, 0.2) is 12.1 Å². The molecule has 19 heavy (non-hydrogen) atoms. The molecule has 0 radical (unpaired) electrons. The van der Waals surface area contributed by atoms with E-state index in [0.29, 0.717) is 17.0 Å². The van der Waals surface area contributed by atoms with Crippen molar-refractivity contribution in [1.29, 1.82) is 0 Å². The summed E-state index contributed by atoms with van der Waals surface area (Å²) in [7, 11) is 0. The molecule has 1 aliphatic rings. The lowest BCUT2D eigenvalue weighted by atomic mass is 9.64. The van der Waals surface area contributed by atoms with Crippen molar-refractivity contribution in [2.75, 3.05) is 0 Å². The Morgan fingerprint density at radius 1 is 1.37 bits per heavy atom. The first-order valence-corrected chi connectivity index (χ1v) is 7.07. The van der Waals surface area contributed by atoms with Crippen LogP contribution < -0.4 is 5.32 Å². The highest BCUT2D eigenvalue weighted by Gasteiger charge is 2.47. The van der Waals surface area contributed by atoms with Gasteiger partial charge in [-0.25, -0.2) is 4.39 Å². The number of aliphatic hydroxyl groups excluding tert-OH is 1. The third-order valence-corrected chi connectivity index (χ3v) is 4.79. The molecule has 1 fully saturated rings. The number of hydrogen-bond acceptors (Lipinski definition) is 2. The summed E-state index contributed by atoms with van der Waals surface area (Å²) in [5, 5.41) is 13.6. The fraction of sp³-hybridized carbons (Fsp3) is 0.571. The van der Waals surface area contributed by atoms with Gasteiger partial charge >= 0.3 is 0 Å². The molecule has 0 amide bonds. The fourth-order valence-electron chi connectivity index (χ4n) is 2.45. The number of hydrogen-bond donors (Lipinski definition) is 2. The quantitative estimate of drug-likeness (QED) is 0.829. The molecule has 0 bridgehead atoms. The summed E-state index contributed by atoms with van der Waals surface area (Å²) in [6.07, 6.45) is 0.403. The largest absolute Gasteiger partial charge is 0.392 e. The number of aliphatic hydroxyl groups is 1. The molecule has 2 nitrogen and oxygen atoms in total. The second-order valence-electron chi connectivity index (χ2n) is 5.80. The minimum atomic E-state index is -0.470. The van der Waals surface area contributed by atoms with Crippen LogP contribution >= 0.6 is 23.2 Å². The van der Waals surface area contributed by atoms with Gasteiger partial charge in [0.05, 0.1) is 11.1 Å². The lowest BCUT2D eigenvalue weighted by Crippen LogP contribution is -2.60. The van der Waals surface area contributed by atoms with Crippen LogP contribution in [0.4, 0.5) is 4.39 Å². The zero-order valence-electron chi connectivity index (χ0n) is 11.2. The topological polar surface area (TPSA) is 32.3 Å². The highest BCUT2D eigenvalue weighted by atomic mass is 35.5. The van der Waals surface area contributed by atoms with Crippen molar-refractivity contribution in [3.8, 4) is 0 Å². The van der Waals surface area contributed by atoms with Gasteiger partial charge in [-0.2, -0.15) is 0 Å². The molecule has 106 valence electrons. The molecule has 5 heteroatoms. The molecule has 0 heterocycles. The maximum Gasteiger partial charge on any atom is 0.142 e. The molecule has 3 unspecified atom stereocenters. The Morgan fingerprint density at radius 2 is 2.00 bits per heavy atom. The van der Waals surface area contributed by atoms with E-state index < -0.39 is 5.82 Å². The van der Waals surface area contributed by atoms with E-state index in [1.54, 1.807) is 0 Å². The van der Waals surface area contributed by atoms with Gasteiger partial charge in [0.2, 0.25) is 0 Å². The van der Waals surface area contributed by atoms with Crippen molar-refractivity contribution in [3.63, 3.8) is 0 Å². The zero-order valence-corrected chi connectivity index (χ0v) is 12.7. The second kappa shape index (κ2) is 5.21. The summed E-state index contributed by atoms with van der Waals surface area (Å²) in [6, 6.07) is 2.88. The number of rotatable bonds is 3. The molecule has 1 aromatic rings. The number of benzene rings is 1. The van der Waals surface area contributed by atoms with Gasteiger partial charge in [0.25, 0.3) is 0 Å². The molecule has 0 spiro atoms. The molecule has 1 aromatic carbocycles. The van der Waals surface area contributed by atoms with Crippen molar-refractivity contribution in [2.45, 2.75) is 45.4 Å². The Kier molecular flexibility index (Phi) is 4.12. The molecular formula is C14H18Cl2FNO. The van der Waals surface area contributed by atoms with Gasteiger partial charge < -0.3 is 10.4 Å². The minimum Gasteiger partial charge on any atom is -0.392 e. The number of halogens is 3. The Hall–Kier alpha value is -0.350. The fourth-order valence-corrected chi connectivity index (χ4v) is 2.99. The maximum atomic E-state index is 13.5. The molecule has 1 aliphatic carbocycles. The Bertz CT molecular complexity index is 493. The second-order valence-corrected chi connectivity index (χ2v) is 6.62. The first-order valence-electron chi connectivity index (χ1n) is 6.32. The van der Waals surface area contributed by atoms with Crippen molar-refractivity contribution >= 4 is 23.2 Å². The summed E-state index contributed by atoms with van der Waals surface area (Å²) in [5.74, 6) is -0.470. The molecule has 0 saturated heterocycles. The minimum absolute atomic E-state index is 0.0281. The smallest absolute Gasteiger partial charge is 0.142 e. The van der Waals surface area contributed by atoms with E-state index in [-0.39, 0.29) is 28.6 Å². The standard InChI is InChI=1S/C14H18Cl2FNO/c1-7(18-12-6-13(19)14(12,2)3)8-4-11(17)10(16)5-9(8)15/h4-5,7,12-13,18-19H,6H2,1-3H3. The van der Waals surface area contributed by atoms with Crippen molar-refractivity contribution in [3.05, 3.63) is 33.6 Å². The summed E-state index contributed by atoms with van der Waals surface area (Å²) in [5.41, 5.74) is 0.506. The summed E-state index contributed by atoms with van der Waals surface area (Å²) >= 11 is 11.8. The molecule has 2 rings (SSSR count). The average molecular weight is 306 g/mol. The highest BCUT2D eigenvalue weighted by molar-refractivity contribution is 6.35. The molecule has 3 atom stereocenters. The number of nitrogens with one attached hydrogen (secondary N) is 1. The van der Waals surface area contributed by atoms with E-state index in [0.717, 1.165) is 0 Å². The maximum absolute atomic E-state index is 13.5. The van der Waals surface area contributed by atoms with Gasteiger partial charge in [-0.1, -0.05) is 37.0 Å². The van der Waals surface area contributed by atoms with E-state index in [1.807, 2.05) is 20.8 Å². The van der Waals surface area contributed by atoms with Gasteiger partial charge in [-0.3, -0.25) is 0 Å². The molecule has 0 aromatic heterocycles. The predicted molar refractivity (Wildman–Crippen MR) is 76.2 cm³/mol. The van der Waals surface area contributed by atoms with Crippen LogP contribution in [-0.4, -0.2) is 17.3 Å². The monoisotopic (exact) mass is 305 g/mol. The summed E-state index contributed by atoms with van der Waals surface area (Å²) < 4.78 is 13.5. The summed E-state index contributed by atoms with van der Waals surface area (Å²) in [4.78, 5) is 0. The van der Waals surface area contributed by atoms with E-state index in [9.17, 15) is 9.50 Å². The van der Waals surface area contributed by atoms with E-state index >= 15 is 0 Å². The van der Waals surface area contributed by atoms with Gasteiger partial charge in [-0.15, -0.1) is 0 Å². The molecule has 0 aliphatic heterocycles. The molecular weight excluding hydrogens is 288 g/mol. The lowest BCUT2D eigenvalue weighted by Gasteiger charge is -2.50. The van der Waals surface area contributed by atoms with Crippen LogP contribution in [0, 0.1) is 11.2 Å². The van der Waals surface area contributed by atoms with Crippen LogP contribution in [0.1, 0.15) is 38.8 Å². The van der Waals surface area contributed by atoms with Crippen molar-refractivity contribution in [2.24, 2.45) is 5.41 Å². The third kappa shape index (κ3) is 2.75. The highest BCUT2D eigenvalue weighted by Crippen LogP contribution is 2.42. The van der Waals surface area contributed by atoms with Crippen molar-refractivity contribution < 1.29 is 9.50 Å². The lowest BCUT2D eigenvalue weighted by molar-refractivity contribution is -0.0754. The van der Waals surface area contributed by atoms with E-state index in [4.69, 9.17) is 23.2 Å². The van der Waals surface area contributed by atoms with Crippen molar-refractivity contribution in [1.82, 2.24) is 5.32 Å². The first-order chi connectivity index (χ1) is 8.73. The zero-order chi connectivity index (χ0) is 14.4. The predicted octanol–water partition coefficient (Wildman–Crippen LogP) is 3.94. The van der Waals surface area contributed by atoms with E-state index in [1.165, 1.54) is 12.1 Å². The van der Waals surface area contributed by atoms with Gasteiger partial charge in [-0.05, 0) is 31.0 Å². The Balaban J connectivity index is 2.13. The van der Waals surface area contributed by atoms with Gasteiger partial charge in [0.15, 0.2) is 0 Å². The van der Waals surface area contributed by atoms with Crippen LogP contribution in [0.5, 0.6) is 0 Å². The van der Waals surface area contributed by atoms with Gasteiger partial charge in [0, 0.05) is 22.5 Å². The van der Waals surface area contributed by atoms with Crippen LogP contribution in [0.25, 0.3) is 0 Å². The van der Waals surface area contributed by atoms with E-state index in [2.05, 4.69) is 5.32 Å². The van der Waals surface area contributed by atoms with Crippen LogP contribution in [0.2, 0.25) is 10.0 Å². The SMILES string of the molecule is CC(NC1CC(O)C1(C)C)c1cc(F)c(Cl)cc1Cl. The Morgan fingerprint density at radius 3 is 2.53 bits per heavy atom. The Labute approximate surface area is 122 Å². The third-order valence-electron chi connectivity index (χ3n) is 4.17. The van der Waals surface area contributed by atoms with Gasteiger partial charge in [0.1, 0.15) is 5.82 Å². The first kappa shape index (κ1) is 15.0. The normalized spacial score (nSPS) is 26.9. The van der Waals surface area contributed by atoms with Crippen LogP contribution in [-0.2, 0) is 0 Å². The summed E-state index contributed by atoms with van der Waals surface area (Å²) in [6.45, 7) is 5.94.